The van der Waals surface area contributed by atoms with E-state index < -0.39 is 11.3 Å². The number of rotatable bonds is 6. The summed E-state index contributed by atoms with van der Waals surface area (Å²) in [7, 11) is 1.44. The first-order valence-electron chi connectivity index (χ1n) is 10.6. The summed E-state index contributed by atoms with van der Waals surface area (Å²) in [5.74, 6) is -0.230. The van der Waals surface area contributed by atoms with Gasteiger partial charge in [0.1, 0.15) is 22.8 Å². The Morgan fingerprint density at radius 2 is 1.88 bits per heavy atom. The van der Waals surface area contributed by atoms with Crippen molar-refractivity contribution in [1.82, 2.24) is 24.8 Å². The van der Waals surface area contributed by atoms with Crippen LogP contribution in [0.3, 0.4) is 0 Å². The van der Waals surface area contributed by atoms with E-state index in [2.05, 4.69) is 25.6 Å². The second kappa shape index (κ2) is 9.49. The molecule has 4 N–H and O–H groups in total. The van der Waals surface area contributed by atoms with E-state index in [-0.39, 0.29) is 29.1 Å². The first-order chi connectivity index (χ1) is 16.4. The number of amides is 2. The quantitative estimate of drug-likeness (QED) is 0.401. The highest BCUT2D eigenvalue weighted by Gasteiger charge is 2.21. The molecule has 0 unspecified atom stereocenters. The summed E-state index contributed by atoms with van der Waals surface area (Å²) in [5, 5.41) is 5.49. The van der Waals surface area contributed by atoms with E-state index in [0.717, 1.165) is 5.56 Å². The number of nitrogens with one attached hydrogen (secondary N) is 2. The second-order valence-electron chi connectivity index (χ2n) is 7.47. The molecule has 0 radical (unpaired) electrons. The molecule has 0 aromatic carbocycles. The lowest BCUT2D eigenvalue weighted by Gasteiger charge is -2.15. The third kappa shape index (κ3) is 4.33. The fraction of sp³-hybridized carbons (Fsp3) is 0.167. The van der Waals surface area contributed by atoms with Gasteiger partial charge in [-0.3, -0.25) is 19.4 Å². The SMILES string of the molecule is CCn1c(N)c(C(=O)NC)c(=O)c2ccc(-c3cc(CC(=O)Nc4ccccn4)ccn3)nc21. The Bertz CT molecular complexity index is 1450. The minimum absolute atomic E-state index is 0.0527. The summed E-state index contributed by atoms with van der Waals surface area (Å²) < 4.78 is 1.62. The highest BCUT2D eigenvalue weighted by atomic mass is 16.2. The van der Waals surface area contributed by atoms with E-state index in [1.165, 1.54) is 7.05 Å². The van der Waals surface area contributed by atoms with Crippen molar-refractivity contribution in [2.24, 2.45) is 0 Å². The molecule has 0 saturated carbocycles. The molecule has 4 rings (SSSR count). The molecule has 0 aliphatic carbocycles. The maximum Gasteiger partial charge on any atom is 0.258 e. The van der Waals surface area contributed by atoms with Gasteiger partial charge in [0.2, 0.25) is 11.3 Å². The molecular formula is C24H23N7O3. The van der Waals surface area contributed by atoms with Gasteiger partial charge in [0.25, 0.3) is 5.91 Å². The molecule has 0 fully saturated rings. The van der Waals surface area contributed by atoms with Crippen molar-refractivity contribution in [2.75, 3.05) is 18.1 Å². The number of hydrogen-bond acceptors (Lipinski definition) is 7. The summed E-state index contributed by atoms with van der Waals surface area (Å²) in [6.45, 7) is 2.26. The van der Waals surface area contributed by atoms with Gasteiger partial charge < -0.3 is 20.9 Å². The Kier molecular flexibility index (Phi) is 6.30. The highest BCUT2D eigenvalue weighted by Crippen LogP contribution is 2.22. The predicted molar refractivity (Wildman–Crippen MR) is 129 cm³/mol. The molecule has 34 heavy (non-hydrogen) atoms. The monoisotopic (exact) mass is 457 g/mol. The number of carbonyl (C=O) groups excluding carboxylic acids is 2. The van der Waals surface area contributed by atoms with E-state index in [0.29, 0.717) is 29.4 Å². The summed E-state index contributed by atoms with van der Waals surface area (Å²) in [6.07, 6.45) is 3.33. The molecule has 0 atom stereocenters. The number of nitrogen functional groups attached to an aromatic ring is 1. The molecule has 4 heterocycles. The number of pyridine rings is 4. The summed E-state index contributed by atoms with van der Waals surface area (Å²) in [4.78, 5) is 50.7. The van der Waals surface area contributed by atoms with E-state index >= 15 is 0 Å². The van der Waals surface area contributed by atoms with Crippen LogP contribution in [0.2, 0.25) is 0 Å². The number of anilines is 2. The van der Waals surface area contributed by atoms with Gasteiger partial charge >= 0.3 is 0 Å². The number of aryl methyl sites for hydroxylation is 1. The van der Waals surface area contributed by atoms with E-state index in [4.69, 9.17) is 5.73 Å². The Labute approximate surface area is 194 Å². The summed E-state index contributed by atoms with van der Waals surface area (Å²) in [6, 6.07) is 12.1. The molecule has 0 aliphatic rings. The standard InChI is InChI=1S/C24H23N7O3/c1-3-31-22(25)20(24(34)26-2)21(33)15-7-8-16(29-23(15)31)17-12-14(9-11-27-17)13-19(32)30-18-6-4-5-10-28-18/h4-12H,3,13,25H2,1-2H3,(H,26,34)(H,28,30,32). The van der Waals surface area contributed by atoms with Gasteiger partial charge in [0.05, 0.1) is 23.2 Å². The molecule has 10 heteroatoms. The van der Waals surface area contributed by atoms with Crippen molar-refractivity contribution in [1.29, 1.82) is 0 Å². The van der Waals surface area contributed by atoms with Gasteiger partial charge in [-0.25, -0.2) is 9.97 Å². The molecule has 2 amide bonds. The smallest absolute Gasteiger partial charge is 0.258 e. The molecule has 4 aromatic heterocycles. The minimum atomic E-state index is -0.547. The van der Waals surface area contributed by atoms with Crippen molar-refractivity contribution in [3.05, 3.63) is 76.2 Å². The molecule has 10 nitrogen and oxygen atoms in total. The van der Waals surface area contributed by atoms with Crippen LogP contribution in [-0.4, -0.2) is 38.4 Å². The molecular weight excluding hydrogens is 434 g/mol. The highest BCUT2D eigenvalue weighted by molar-refractivity contribution is 6.01. The molecule has 0 saturated heterocycles. The van der Waals surface area contributed by atoms with Crippen LogP contribution in [0.1, 0.15) is 22.8 Å². The van der Waals surface area contributed by atoms with Crippen LogP contribution in [0, 0.1) is 0 Å². The predicted octanol–water partition coefficient (Wildman–Crippen LogP) is 2.00. The van der Waals surface area contributed by atoms with Gasteiger partial charge in [-0.2, -0.15) is 0 Å². The van der Waals surface area contributed by atoms with E-state index in [1.54, 1.807) is 59.4 Å². The maximum absolute atomic E-state index is 12.9. The van der Waals surface area contributed by atoms with Gasteiger partial charge in [0.15, 0.2) is 0 Å². The third-order valence-electron chi connectivity index (χ3n) is 5.30. The zero-order valence-corrected chi connectivity index (χ0v) is 18.7. The number of nitrogens with zero attached hydrogens (tertiary/aromatic N) is 4. The molecule has 172 valence electrons. The Balaban J connectivity index is 1.70. The van der Waals surface area contributed by atoms with Crippen molar-refractivity contribution in [3.63, 3.8) is 0 Å². The topological polar surface area (TPSA) is 145 Å². The molecule has 0 spiro atoms. The van der Waals surface area contributed by atoms with Crippen LogP contribution in [0.4, 0.5) is 11.6 Å². The number of hydrogen-bond donors (Lipinski definition) is 3. The van der Waals surface area contributed by atoms with Crippen LogP contribution in [0.25, 0.3) is 22.4 Å². The Morgan fingerprint density at radius 1 is 1.06 bits per heavy atom. The van der Waals surface area contributed by atoms with Gasteiger partial charge in [0, 0.05) is 26.0 Å². The van der Waals surface area contributed by atoms with Crippen molar-refractivity contribution in [2.45, 2.75) is 19.9 Å². The number of carbonyl (C=O) groups is 2. The van der Waals surface area contributed by atoms with Gasteiger partial charge in [-0.15, -0.1) is 0 Å². The third-order valence-corrected chi connectivity index (χ3v) is 5.30. The lowest BCUT2D eigenvalue weighted by molar-refractivity contribution is -0.115. The Hall–Kier alpha value is -4.60. The lowest BCUT2D eigenvalue weighted by atomic mass is 10.1. The average molecular weight is 457 g/mol. The number of fused-ring (bicyclic) bond motifs is 1. The van der Waals surface area contributed by atoms with Crippen LogP contribution in [-0.2, 0) is 17.8 Å². The summed E-state index contributed by atoms with van der Waals surface area (Å²) >= 11 is 0. The largest absolute Gasteiger partial charge is 0.384 e. The summed E-state index contributed by atoms with van der Waals surface area (Å²) in [5.41, 5.74) is 7.72. The number of nitrogens with two attached hydrogens (primary N) is 1. The van der Waals surface area contributed by atoms with Crippen molar-refractivity contribution < 1.29 is 9.59 Å². The van der Waals surface area contributed by atoms with Crippen LogP contribution in [0.5, 0.6) is 0 Å². The fourth-order valence-electron chi connectivity index (χ4n) is 3.67. The van der Waals surface area contributed by atoms with Crippen molar-refractivity contribution in [3.8, 4) is 11.4 Å². The molecule has 0 bridgehead atoms. The second-order valence-corrected chi connectivity index (χ2v) is 7.47. The zero-order chi connectivity index (χ0) is 24.2. The Morgan fingerprint density at radius 3 is 2.59 bits per heavy atom. The van der Waals surface area contributed by atoms with Gasteiger partial charge in [-0.05, 0) is 48.9 Å². The van der Waals surface area contributed by atoms with E-state index in [1.807, 2.05) is 6.92 Å². The van der Waals surface area contributed by atoms with E-state index in [9.17, 15) is 14.4 Å². The molecule has 0 aliphatic heterocycles. The molecule has 4 aromatic rings. The van der Waals surface area contributed by atoms with Crippen molar-refractivity contribution >= 4 is 34.5 Å². The zero-order valence-electron chi connectivity index (χ0n) is 18.7. The lowest BCUT2D eigenvalue weighted by Crippen LogP contribution is -2.30. The van der Waals surface area contributed by atoms with Crippen LogP contribution in [0.15, 0.2) is 59.7 Å². The van der Waals surface area contributed by atoms with Crippen LogP contribution < -0.4 is 21.8 Å². The first kappa shape index (κ1) is 22.6. The fourth-order valence-corrected chi connectivity index (χ4v) is 3.67. The average Bonchev–Trinajstić information content (AvgIpc) is 2.84. The first-order valence-corrected chi connectivity index (χ1v) is 10.6. The number of aromatic nitrogens is 4. The normalized spacial score (nSPS) is 10.8. The minimum Gasteiger partial charge on any atom is -0.384 e. The van der Waals surface area contributed by atoms with Crippen LogP contribution >= 0.6 is 0 Å². The maximum atomic E-state index is 12.9. The van der Waals surface area contributed by atoms with Gasteiger partial charge in [-0.1, -0.05) is 6.07 Å².